The molecule has 0 aliphatic heterocycles. The van der Waals surface area contributed by atoms with Gasteiger partial charge in [0, 0.05) is 5.69 Å². The number of benzene rings is 1. The van der Waals surface area contributed by atoms with E-state index in [9.17, 15) is 9.59 Å². The van der Waals surface area contributed by atoms with E-state index in [2.05, 4.69) is 5.32 Å². The maximum atomic E-state index is 12.0. The molecule has 0 aliphatic carbocycles. The Morgan fingerprint density at radius 1 is 1.25 bits per heavy atom. The van der Waals surface area contributed by atoms with Crippen LogP contribution in [0.1, 0.15) is 26.5 Å². The smallest absolute Gasteiger partial charge is 0.336 e. The second-order valence-corrected chi connectivity index (χ2v) is 4.87. The number of carbonyl (C=O) groups excluding carboxylic acids is 1. The molecule has 1 amide bonds. The van der Waals surface area contributed by atoms with E-state index < -0.39 is 11.9 Å². The Morgan fingerprint density at radius 3 is 2.60 bits per heavy atom. The van der Waals surface area contributed by atoms with Crippen molar-refractivity contribution in [2.75, 3.05) is 11.6 Å². The largest absolute Gasteiger partial charge is 0.478 e. The fourth-order valence-corrected chi connectivity index (χ4v) is 2.12. The van der Waals surface area contributed by atoms with Crippen molar-refractivity contribution in [1.82, 2.24) is 0 Å². The van der Waals surface area contributed by atoms with Crippen molar-refractivity contribution in [2.45, 2.75) is 12.0 Å². The van der Waals surface area contributed by atoms with Crippen molar-refractivity contribution in [1.29, 1.82) is 0 Å². The fourth-order valence-electron chi connectivity index (χ4n) is 1.74. The van der Waals surface area contributed by atoms with E-state index in [4.69, 9.17) is 9.52 Å². The number of nitrogens with one attached hydrogen (secondary N) is 1. The molecule has 2 N–H and O–H groups in total. The zero-order valence-electron chi connectivity index (χ0n) is 11.0. The van der Waals surface area contributed by atoms with Gasteiger partial charge in [0.2, 0.25) is 0 Å². The van der Waals surface area contributed by atoms with Crippen LogP contribution < -0.4 is 5.32 Å². The monoisotopic (exact) mass is 291 g/mol. The number of furan rings is 1. The maximum Gasteiger partial charge on any atom is 0.336 e. The minimum Gasteiger partial charge on any atom is -0.478 e. The number of thioether (sulfide) groups is 1. The molecule has 1 aromatic heterocycles. The van der Waals surface area contributed by atoms with Gasteiger partial charge in [-0.05, 0) is 43.0 Å². The summed E-state index contributed by atoms with van der Waals surface area (Å²) in [5, 5.41) is 12.3. The summed E-state index contributed by atoms with van der Waals surface area (Å²) >= 11 is 1.40. The van der Waals surface area contributed by atoms with Gasteiger partial charge in [-0.2, -0.15) is 0 Å². The number of anilines is 1. The van der Waals surface area contributed by atoms with Crippen LogP contribution in [0.4, 0.5) is 5.69 Å². The molecule has 1 aromatic carbocycles. The number of aromatic carboxylic acids is 1. The second-order valence-electron chi connectivity index (χ2n) is 4.06. The van der Waals surface area contributed by atoms with Crippen LogP contribution in [-0.2, 0) is 0 Å². The molecule has 0 unspecified atom stereocenters. The van der Waals surface area contributed by atoms with Crippen molar-refractivity contribution in [3.63, 3.8) is 0 Å². The van der Waals surface area contributed by atoms with Crippen molar-refractivity contribution in [3.8, 4) is 0 Å². The molecule has 5 nitrogen and oxygen atoms in total. The Kier molecular flexibility index (Phi) is 4.14. The number of amides is 1. The normalized spacial score (nSPS) is 10.3. The first-order valence-electron chi connectivity index (χ1n) is 5.81. The van der Waals surface area contributed by atoms with Crippen molar-refractivity contribution in [2.24, 2.45) is 0 Å². The highest BCUT2D eigenvalue weighted by atomic mass is 32.2. The third-order valence-electron chi connectivity index (χ3n) is 2.82. The molecule has 20 heavy (non-hydrogen) atoms. The summed E-state index contributed by atoms with van der Waals surface area (Å²) in [5.74, 6) is -1.24. The van der Waals surface area contributed by atoms with E-state index in [-0.39, 0.29) is 11.3 Å². The minimum absolute atomic E-state index is 0.159. The van der Waals surface area contributed by atoms with Gasteiger partial charge in [0.05, 0.1) is 5.56 Å². The highest BCUT2D eigenvalue weighted by Crippen LogP contribution is 2.22. The molecule has 0 fully saturated rings. The van der Waals surface area contributed by atoms with Crippen molar-refractivity contribution < 1.29 is 19.1 Å². The Hall–Kier alpha value is -2.21. The van der Waals surface area contributed by atoms with Crippen LogP contribution in [0.3, 0.4) is 0 Å². The van der Waals surface area contributed by atoms with Crippen LogP contribution in [0, 0.1) is 6.92 Å². The number of carboxylic acid groups (broad SMARTS) is 1. The van der Waals surface area contributed by atoms with Crippen LogP contribution in [-0.4, -0.2) is 23.2 Å². The lowest BCUT2D eigenvalue weighted by Crippen LogP contribution is -2.13. The summed E-state index contributed by atoms with van der Waals surface area (Å²) in [6, 6.07) is 8.02. The average molecular weight is 291 g/mol. The molecule has 104 valence electrons. The lowest BCUT2D eigenvalue weighted by Gasteiger charge is -2.09. The standard InChI is InChI=1S/C14H13NO4S/c1-8-9(14(17)18)4-3-5-10(8)15-13(16)11-6-7-12(19-11)20-2/h3-7H,1-2H3,(H,15,16)(H,17,18). The van der Waals surface area contributed by atoms with Crippen LogP contribution in [0.2, 0.25) is 0 Å². The van der Waals surface area contributed by atoms with Gasteiger partial charge in [0.1, 0.15) is 0 Å². The molecule has 1 heterocycles. The van der Waals surface area contributed by atoms with E-state index in [0.29, 0.717) is 16.3 Å². The fraction of sp³-hybridized carbons (Fsp3) is 0.143. The number of carboxylic acids is 1. The van der Waals surface area contributed by atoms with Gasteiger partial charge in [-0.25, -0.2) is 4.79 Å². The predicted octanol–water partition coefficient (Wildman–Crippen LogP) is 3.26. The SMILES string of the molecule is CSc1ccc(C(=O)Nc2cccc(C(=O)O)c2C)o1. The molecule has 0 saturated carbocycles. The van der Waals surface area contributed by atoms with E-state index >= 15 is 0 Å². The molecular weight excluding hydrogens is 278 g/mol. The Labute approximate surface area is 120 Å². The molecule has 0 atom stereocenters. The van der Waals surface area contributed by atoms with Gasteiger partial charge >= 0.3 is 5.97 Å². The molecule has 2 rings (SSSR count). The molecule has 0 saturated heterocycles. The molecule has 0 radical (unpaired) electrons. The zero-order chi connectivity index (χ0) is 14.7. The average Bonchev–Trinajstić information content (AvgIpc) is 2.89. The van der Waals surface area contributed by atoms with E-state index in [1.54, 1.807) is 31.2 Å². The summed E-state index contributed by atoms with van der Waals surface area (Å²) in [6.07, 6.45) is 1.85. The van der Waals surface area contributed by atoms with Gasteiger partial charge in [0.15, 0.2) is 10.9 Å². The van der Waals surface area contributed by atoms with Gasteiger partial charge in [-0.15, -0.1) is 0 Å². The third-order valence-corrected chi connectivity index (χ3v) is 3.44. The summed E-state index contributed by atoms with van der Waals surface area (Å²) in [4.78, 5) is 23.1. The van der Waals surface area contributed by atoms with Crippen LogP contribution in [0.25, 0.3) is 0 Å². The Morgan fingerprint density at radius 2 is 2.00 bits per heavy atom. The van der Waals surface area contributed by atoms with Gasteiger partial charge < -0.3 is 14.8 Å². The summed E-state index contributed by atoms with van der Waals surface area (Å²) in [7, 11) is 0. The first-order valence-corrected chi connectivity index (χ1v) is 7.03. The number of hydrogen-bond acceptors (Lipinski definition) is 4. The molecule has 2 aromatic rings. The van der Waals surface area contributed by atoms with E-state index in [0.717, 1.165) is 0 Å². The highest BCUT2D eigenvalue weighted by Gasteiger charge is 2.15. The van der Waals surface area contributed by atoms with Gasteiger partial charge in [-0.1, -0.05) is 17.8 Å². The third kappa shape index (κ3) is 2.85. The molecular formula is C14H13NO4S. The molecule has 0 spiro atoms. The predicted molar refractivity (Wildman–Crippen MR) is 76.6 cm³/mol. The summed E-state index contributed by atoms with van der Waals surface area (Å²) in [6.45, 7) is 1.65. The van der Waals surface area contributed by atoms with Crippen molar-refractivity contribution in [3.05, 3.63) is 47.2 Å². The number of rotatable bonds is 4. The molecule has 6 heteroatoms. The maximum absolute atomic E-state index is 12.0. The highest BCUT2D eigenvalue weighted by molar-refractivity contribution is 7.98. The second kappa shape index (κ2) is 5.83. The van der Waals surface area contributed by atoms with Gasteiger partial charge in [-0.3, -0.25) is 4.79 Å². The quantitative estimate of drug-likeness (QED) is 0.845. The topological polar surface area (TPSA) is 79.5 Å². The van der Waals surface area contributed by atoms with E-state index in [1.165, 1.54) is 17.8 Å². The Bertz CT molecular complexity index is 663. The van der Waals surface area contributed by atoms with E-state index in [1.807, 2.05) is 6.26 Å². The summed E-state index contributed by atoms with van der Waals surface area (Å²) < 4.78 is 5.32. The zero-order valence-corrected chi connectivity index (χ0v) is 11.8. The van der Waals surface area contributed by atoms with Crippen LogP contribution in [0.15, 0.2) is 39.8 Å². The summed E-state index contributed by atoms with van der Waals surface area (Å²) in [5.41, 5.74) is 1.12. The lowest BCUT2D eigenvalue weighted by atomic mass is 10.1. The number of carbonyl (C=O) groups is 2. The van der Waals surface area contributed by atoms with Crippen LogP contribution >= 0.6 is 11.8 Å². The first kappa shape index (κ1) is 14.2. The number of hydrogen-bond donors (Lipinski definition) is 2. The first-order chi connectivity index (χ1) is 9.52. The lowest BCUT2D eigenvalue weighted by molar-refractivity contribution is 0.0695. The minimum atomic E-state index is -1.03. The molecule has 0 aliphatic rings. The van der Waals surface area contributed by atoms with Crippen molar-refractivity contribution >= 4 is 29.3 Å². The van der Waals surface area contributed by atoms with Crippen LogP contribution in [0.5, 0.6) is 0 Å². The molecule has 0 bridgehead atoms. The Balaban J connectivity index is 2.24. The van der Waals surface area contributed by atoms with Gasteiger partial charge in [0.25, 0.3) is 5.91 Å².